The highest BCUT2D eigenvalue weighted by Gasteiger charge is 2.54. The summed E-state index contributed by atoms with van der Waals surface area (Å²) in [6.07, 6.45) is 11.7. The van der Waals surface area contributed by atoms with Gasteiger partial charge in [-0.2, -0.15) is 0 Å². The highest BCUT2D eigenvalue weighted by Crippen LogP contribution is 2.55. The first kappa shape index (κ1) is 49.4. The highest BCUT2D eigenvalue weighted by atomic mass is 17.8. The number of carbonyl (C=O) groups excluding carboxylic acids is 2. The van der Waals surface area contributed by atoms with E-state index in [0.29, 0.717) is 46.7 Å². The van der Waals surface area contributed by atoms with Crippen LogP contribution in [0.5, 0.6) is 0 Å². The molecule has 0 bridgehead atoms. The average molecular weight is 949 g/mol. The van der Waals surface area contributed by atoms with E-state index < -0.39 is 47.3 Å². The number of hydrogen-bond acceptors (Lipinski definition) is 22. The number of rotatable bonds is 24. The molecule has 8 N–H and O–H groups in total. The molecular weight excluding hydrogens is 897 g/mol. The lowest BCUT2D eigenvalue weighted by atomic mass is 9.62. The lowest BCUT2D eigenvalue weighted by Gasteiger charge is -2.50. The SMILES string of the molecule is CCCCCC(=O)OCC1(COC#COOOOO)Nc2cccc3ccc(C4C(O)C(c5ccc6cccc7c6c5NC(COC#COOOOO)(COC(=O)CCCCC)N7)C4O)c(c23)N1. The van der Waals surface area contributed by atoms with Gasteiger partial charge in [-0.25, -0.2) is 20.3 Å². The Balaban J connectivity index is 1.20. The van der Waals surface area contributed by atoms with E-state index in [1.165, 1.54) is 0 Å². The third-order valence-corrected chi connectivity index (χ3v) is 11.9. The van der Waals surface area contributed by atoms with Crippen LogP contribution in [0.15, 0.2) is 60.7 Å². The van der Waals surface area contributed by atoms with Crippen molar-refractivity contribution in [2.45, 2.75) is 101 Å². The normalized spacial score (nSPS) is 21.7. The Bertz CT molecular complexity index is 2330. The molecule has 22 nitrogen and oxygen atoms in total. The minimum absolute atomic E-state index is 0.208. The van der Waals surface area contributed by atoms with Crippen molar-refractivity contribution < 1.29 is 89.3 Å². The molecule has 1 aliphatic carbocycles. The molecule has 4 aromatic carbocycles. The van der Waals surface area contributed by atoms with Crippen LogP contribution in [-0.2, 0) is 68.5 Å². The molecule has 0 saturated heterocycles. The summed E-state index contributed by atoms with van der Waals surface area (Å²) in [6, 6.07) is 18.7. The molecule has 0 spiro atoms. The molecule has 1 fully saturated rings. The van der Waals surface area contributed by atoms with Crippen molar-refractivity contribution >= 4 is 56.2 Å². The second kappa shape index (κ2) is 23.5. The molecule has 7 rings (SSSR count). The lowest BCUT2D eigenvalue weighted by molar-refractivity contribution is -0.691. The zero-order valence-electron chi connectivity index (χ0n) is 37.1. The molecular formula is C46H52N4O18. The average Bonchev–Trinajstić information content (AvgIpc) is 3.34. The van der Waals surface area contributed by atoms with Crippen LogP contribution >= 0.6 is 0 Å². The predicted molar refractivity (Wildman–Crippen MR) is 237 cm³/mol. The summed E-state index contributed by atoms with van der Waals surface area (Å²) in [7, 11) is 0. The van der Waals surface area contributed by atoms with Gasteiger partial charge in [0.1, 0.15) is 26.4 Å². The number of aliphatic hydroxyl groups is 2. The van der Waals surface area contributed by atoms with Crippen molar-refractivity contribution in [2.75, 3.05) is 47.7 Å². The topological polar surface area (TPSA) is 274 Å². The number of anilines is 4. The van der Waals surface area contributed by atoms with Gasteiger partial charge in [-0.1, -0.05) is 88.1 Å². The Hall–Kier alpha value is -6.54. The van der Waals surface area contributed by atoms with Crippen molar-refractivity contribution in [3.05, 3.63) is 71.8 Å². The predicted octanol–water partition coefficient (Wildman–Crippen LogP) is 6.35. The molecule has 3 aliphatic rings. The Kier molecular flexibility index (Phi) is 17.0. The quantitative estimate of drug-likeness (QED) is 0.0125. The Morgan fingerprint density at radius 1 is 0.559 bits per heavy atom. The fourth-order valence-electron chi connectivity index (χ4n) is 8.78. The van der Waals surface area contributed by atoms with E-state index in [4.69, 9.17) is 29.5 Å². The Morgan fingerprint density at radius 3 is 1.41 bits per heavy atom. The molecule has 2 aliphatic heterocycles. The van der Waals surface area contributed by atoms with E-state index in [-0.39, 0.29) is 39.3 Å². The number of ether oxygens (including phenoxy) is 4. The van der Waals surface area contributed by atoms with Gasteiger partial charge in [0, 0.05) is 78.4 Å². The molecule has 2 heterocycles. The standard InChI is InChI=1S/C46H52N4O18/c1-3-5-7-15-35(51)59-27-45(25-57-21-23-61-65-67-63-55)47-33-13-9-11-29-17-19-31(41(49-45)37(29)33)39-43(53)40(44(39)54)32-20-18-30-12-10-14-34-38(30)42(32)50-46(48-34,26-58-22-24-62-66-68-64-56)28-60-36(52)16-8-6-4-2/h9-14,17-20,39-40,43-44,47-50,53-56H,3-8,15-16,25-28H2,1-2H3. The van der Waals surface area contributed by atoms with Gasteiger partial charge in [0.05, 0.1) is 12.2 Å². The Labute approximate surface area is 389 Å². The maximum Gasteiger partial charge on any atom is 0.305 e. The van der Waals surface area contributed by atoms with Crippen LogP contribution in [0, 0.1) is 24.4 Å². The second-order valence-electron chi connectivity index (χ2n) is 16.4. The number of carbonyl (C=O) groups is 2. The second-order valence-corrected chi connectivity index (χ2v) is 16.4. The van der Waals surface area contributed by atoms with Gasteiger partial charge in [0.2, 0.25) is 12.2 Å². The molecule has 0 amide bonds. The lowest BCUT2D eigenvalue weighted by Crippen LogP contribution is -2.57. The van der Waals surface area contributed by atoms with Gasteiger partial charge < -0.3 is 50.4 Å². The zero-order chi connectivity index (χ0) is 47.9. The number of hydrogen-bond donors (Lipinski definition) is 8. The maximum absolute atomic E-state index is 13.0. The monoisotopic (exact) mass is 948 g/mol. The molecule has 364 valence electrons. The molecule has 1 saturated carbocycles. The van der Waals surface area contributed by atoms with E-state index in [1.807, 2.05) is 74.5 Å². The van der Waals surface area contributed by atoms with Crippen LogP contribution in [0.25, 0.3) is 21.5 Å². The first-order valence-corrected chi connectivity index (χ1v) is 21.9. The van der Waals surface area contributed by atoms with E-state index in [1.54, 1.807) is 0 Å². The summed E-state index contributed by atoms with van der Waals surface area (Å²) in [4.78, 5) is 34.7. The van der Waals surface area contributed by atoms with Crippen LogP contribution in [0.3, 0.4) is 0 Å². The fourth-order valence-corrected chi connectivity index (χ4v) is 8.78. The Morgan fingerprint density at radius 2 is 1.00 bits per heavy atom. The molecule has 2 unspecified atom stereocenters. The minimum Gasteiger partial charge on any atom is -0.461 e. The number of benzene rings is 4. The van der Waals surface area contributed by atoms with Gasteiger partial charge in [-0.15, -0.1) is 0 Å². The number of nitrogens with one attached hydrogen (secondary N) is 4. The first-order valence-electron chi connectivity index (χ1n) is 21.9. The van der Waals surface area contributed by atoms with Crippen LogP contribution in [0.2, 0.25) is 0 Å². The summed E-state index contributed by atoms with van der Waals surface area (Å²) in [6.45, 7) is 3.11. The minimum atomic E-state index is -1.34. The summed E-state index contributed by atoms with van der Waals surface area (Å²) < 4.78 is 22.9. The maximum atomic E-state index is 13.0. The fraction of sp³-hybridized carbons (Fsp3) is 0.435. The summed E-state index contributed by atoms with van der Waals surface area (Å²) in [5.41, 5.74) is 0.866. The van der Waals surface area contributed by atoms with E-state index >= 15 is 0 Å². The van der Waals surface area contributed by atoms with Crippen molar-refractivity contribution in [2.24, 2.45) is 0 Å². The van der Waals surface area contributed by atoms with Crippen LogP contribution < -0.4 is 21.3 Å². The van der Waals surface area contributed by atoms with Crippen LogP contribution in [0.1, 0.15) is 88.2 Å². The number of unbranched alkanes of at least 4 members (excludes halogenated alkanes) is 4. The summed E-state index contributed by atoms with van der Waals surface area (Å²) in [5, 5.41) is 80.4. The third kappa shape index (κ3) is 11.4. The van der Waals surface area contributed by atoms with Gasteiger partial charge in [0.25, 0.3) is 0 Å². The molecule has 68 heavy (non-hydrogen) atoms. The van der Waals surface area contributed by atoms with Gasteiger partial charge in [-0.3, -0.25) is 9.59 Å². The molecule has 0 radical (unpaired) electrons. The molecule has 22 heteroatoms. The van der Waals surface area contributed by atoms with E-state index in [9.17, 15) is 19.8 Å². The van der Waals surface area contributed by atoms with E-state index in [2.05, 4.69) is 85.7 Å². The number of aliphatic hydroxyl groups excluding tert-OH is 2. The third-order valence-electron chi connectivity index (χ3n) is 11.9. The van der Waals surface area contributed by atoms with Crippen molar-refractivity contribution in [3.63, 3.8) is 0 Å². The summed E-state index contributed by atoms with van der Waals surface area (Å²) in [5.74, 6) is -2.50. The van der Waals surface area contributed by atoms with E-state index in [0.717, 1.165) is 47.2 Å². The number of esters is 2. The van der Waals surface area contributed by atoms with Crippen molar-refractivity contribution in [1.82, 2.24) is 0 Å². The molecule has 0 aromatic heterocycles. The molecule has 2 atom stereocenters. The first-order chi connectivity index (χ1) is 33.2. The van der Waals surface area contributed by atoms with Crippen LogP contribution in [0.4, 0.5) is 22.7 Å². The van der Waals surface area contributed by atoms with Gasteiger partial charge in [-0.05, 0) is 57.0 Å². The largest absolute Gasteiger partial charge is 0.461 e. The van der Waals surface area contributed by atoms with Crippen LogP contribution in [-0.4, -0.2) is 82.6 Å². The van der Waals surface area contributed by atoms with Gasteiger partial charge in [0.15, 0.2) is 23.5 Å². The van der Waals surface area contributed by atoms with Gasteiger partial charge >= 0.3 is 11.9 Å². The smallest absolute Gasteiger partial charge is 0.305 e. The molecule has 4 aromatic rings. The summed E-state index contributed by atoms with van der Waals surface area (Å²) >= 11 is 0. The van der Waals surface area contributed by atoms with Crippen molar-refractivity contribution in [3.8, 4) is 24.4 Å². The highest BCUT2D eigenvalue weighted by molar-refractivity contribution is 6.08. The van der Waals surface area contributed by atoms with Crippen molar-refractivity contribution in [1.29, 1.82) is 0 Å². The zero-order valence-corrected chi connectivity index (χ0v) is 37.1.